The van der Waals surface area contributed by atoms with Gasteiger partial charge in [0.1, 0.15) is 5.82 Å². The zero-order valence-electron chi connectivity index (χ0n) is 18.4. The molecule has 0 spiro atoms. The average Bonchev–Trinajstić information content (AvgIpc) is 2.95. The fourth-order valence-electron chi connectivity index (χ4n) is 4.22. The highest BCUT2D eigenvalue weighted by Crippen LogP contribution is 2.20. The molecule has 1 amide bonds. The van der Waals surface area contributed by atoms with Gasteiger partial charge in [0.2, 0.25) is 0 Å². The normalized spacial score (nSPS) is 14.9. The minimum absolute atomic E-state index is 0.249. The second-order valence-corrected chi connectivity index (χ2v) is 8.17. The molecular formula is C25H27FN4O2. The molecule has 1 aliphatic rings. The second-order valence-electron chi connectivity index (χ2n) is 8.17. The predicted octanol–water partition coefficient (Wildman–Crippen LogP) is 3.55. The molecule has 166 valence electrons. The highest BCUT2D eigenvalue weighted by molar-refractivity contribution is 6.43. The standard InChI is InChI=1S/C25H27FN4O2/c1-18-23(19(2)30(27-18)22-7-4-3-5-8-22)24(31)25(32)29-14-6-13-28(15-16-29)17-20-9-11-21(26)12-10-20/h3-5,7-12H,6,13-17H2,1-2H3. The maximum absolute atomic E-state index is 13.2. The van der Waals surface area contributed by atoms with Gasteiger partial charge in [-0.25, -0.2) is 9.07 Å². The minimum Gasteiger partial charge on any atom is -0.334 e. The summed E-state index contributed by atoms with van der Waals surface area (Å²) in [6.45, 7) is 6.78. The van der Waals surface area contributed by atoms with E-state index < -0.39 is 11.7 Å². The van der Waals surface area contributed by atoms with Crippen molar-refractivity contribution in [2.24, 2.45) is 0 Å². The number of aromatic nitrogens is 2. The van der Waals surface area contributed by atoms with Crippen molar-refractivity contribution in [2.75, 3.05) is 26.2 Å². The van der Waals surface area contributed by atoms with Gasteiger partial charge in [0.05, 0.1) is 22.6 Å². The summed E-state index contributed by atoms with van der Waals surface area (Å²) in [7, 11) is 0. The highest BCUT2D eigenvalue weighted by atomic mass is 19.1. The number of aryl methyl sites for hydroxylation is 1. The first kappa shape index (κ1) is 21.9. The first-order valence-electron chi connectivity index (χ1n) is 10.9. The van der Waals surface area contributed by atoms with Gasteiger partial charge in [-0.1, -0.05) is 30.3 Å². The summed E-state index contributed by atoms with van der Waals surface area (Å²) in [6.07, 6.45) is 0.779. The third kappa shape index (κ3) is 4.62. The van der Waals surface area contributed by atoms with E-state index in [2.05, 4.69) is 10.00 Å². The number of nitrogens with zero attached hydrogens (tertiary/aromatic N) is 4. The Morgan fingerprint density at radius 3 is 2.38 bits per heavy atom. The van der Waals surface area contributed by atoms with Gasteiger partial charge in [0.15, 0.2) is 0 Å². The van der Waals surface area contributed by atoms with Crippen molar-refractivity contribution in [3.63, 3.8) is 0 Å². The molecule has 0 bridgehead atoms. The van der Waals surface area contributed by atoms with Crippen molar-refractivity contribution in [3.8, 4) is 5.69 Å². The summed E-state index contributed by atoms with van der Waals surface area (Å²) in [5.41, 5.74) is 3.48. The van der Waals surface area contributed by atoms with E-state index in [9.17, 15) is 14.0 Å². The number of para-hydroxylation sites is 1. The Hall–Kier alpha value is -3.32. The predicted molar refractivity (Wildman–Crippen MR) is 120 cm³/mol. The molecule has 0 aliphatic carbocycles. The summed E-state index contributed by atoms with van der Waals surface area (Å²) in [5.74, 6) is -1.23. The lowest BCUT2D eigenvalue weighted by atomic mass is 10.1. The summed E-state index contributed by atoms with van der Waals surface area (Å²) in [6, 6.07) is 16.1. The van der Waals surface area contributed by atoms with Crippen LogP contribution in [0.15, 0.2) is 54.6 Å². The maximum Gasteiger partial charge on any atom is 0.295 e. The van der Waals surface area contributed by atoms with E-state index >= 15 is 0 Å². The Kier molecular flexibility index (Phi) is 6.46. The first-order valence-corrected chi connectivity index (χ1v) is 10.9. The lowest BCUT2D eigenvalue weighted by Gasteiger charge is -2.21. The van der Waals surface area contributed by atoms with E-state index in [4.69, 9.17) is 0 Å². The Labute approximate surface area is 187 Å². The van der Waals surface area contributed by atoms with E-state index in [0.29, 0.717) is 43.1 Å². The molecule has 4 rings (SSSR count). The van der Waals surface area contributed by atoms with Gasteiger partial charge in [-0.15, -0.1) is 0 Å². The molecule has 0 saturated carbocycles. The molecule has 2 heterocycles. The van der Waals surface area contributed by atoms with Crippen LogP contribution in [0.3, 0.4) is 0 Å². The van der Waals surface area contributed by atoms with Gasteiger partial charge in [-0.05, 0) is 50.1 Å². The fourth-order valence-corrected chi connectivity index (χ4v) is 4.22. The van der Waals surface area contributed by atoms with Gasteiger partial charge in [0.25, 0.3) is 11.7 Å². The lowest BCUT2D eigenvalue weighted by molar-refractivity contribution is -0.126. The zero-order chi connectivity index (χ0) is 22.7. The van der Waals surface area contributed by atoms with E-state index in [-0.39, 0.29) is 5.82 Å². The van der Waals surface area contributed by atoms with Crippen LogP contribution in [0.2, 0.25) is 0 Å². The summed E-state index contributed by atoms with van der Waals surface area (Å²) in [4.78, 5) is 30.1. The lowest BCUT2D eigenvalue weighted by Crippen LogP contribution is -2.39. The van der Waals surface area contributed by atoms with Crippen LogP contribution in [-0.2, 0) is 11.3 Å². The van der Waals surface area contributed by atoms with Gasteiger partial charge < -0.3 is 4.90 Å². The van der Waals surface area contributed by atoms with Gasteiger partial charge >= 0.3 is 0 Å². The number of hydrogen-bond acceptors (Lipinski definition) is 4. The van der Waals surface area contributed by atoms with Gasteiger partial charge in [0, 0.05) is 32.7 Å². The third-order valence-corrected chi connectivity index (χ3v) is 5.91. The van der Waals surface area contributed by atoms with Crippen molar-refractivity contribution in [1.82, 2.24) is 19.6 Å². The number of ketones is 1. The molecule has 0 atom stereocenters. The third-order valence-electron chi connectivity index (χ3n) is 5.91. The average molecular weight is 435 g/mol. The van der Waals surface area contributed by atoms with Crippen molar-refractivity contribution >= 4 is 11.7 Å². The quantitative estimate of drug-likeness (QED) is 0.455. The molecule has 7 heteroatoms. The van der Waals surface area contributed by atoms with Crippen LogP contribution < -0.4 is 0 Å². The van der Waals surface area contributed by atoms with Crippen LogP contribution in [0, 0.1) is 19.7 Å². The topological polar surface area (TPSA) is 58.4 Å². The molecule has 0 N–H and O–H groups in total. The monoisotopic (exact) mass is 434 g/mol. The van der Waals surface area contributed by atoms with Crippen LogP contribution in [0.1, 0.15) is 33.7 Å². The fraction of sp³-hybridized carbons (Fsp3) is 0.320. The molecule has 1 fully saturated rings. The Morgan fingerprint density at radius 2 is 1.66 bits per heavy atom. The zero-order valence-corrected chi connectivity index (χ0v) is 18.4. The number of halogens is 1. The van der Waals surface area contributed by atoms with Gasteiger partial charge in [-0.2, -0.15) is 5.10 Å². The van der Waals surface area contributed by atoms with E-state index in [0.717, 1.165) is 24.2 Å². The molecular weight excluding hydrogens is 407 g/mol. The van der Waals surface area contributed by atoms with Crippen molar-refractivity contribution in [2.45, 2.75) is 26.8 Å². The Balaban J connectivity index is 1.45. The molecule has 6 nitrogen and oxygen atoms in total. The van der Waals surface area contributed by atoms with Crippen molar-refractivity contribution < 1.29 is 14.0 Å². The maximum atomic E-state index is 13.2. The SMILES string of the molecule is Cc1nn(-c2ccccc2)c(C)c1C(=O)C(=O)N1CCCN(Cc2ccc(F)cc2)CC1. The van der Waals surface area contributed by atoms with Crippen molar-refractivity contribution in [1.29, 1.82) is 0 Å². The molecule has 32 heavy (non-hydrogen) atoms. The smallest absolute Gasteiger partial charge is 0.295 e. The van der Waals surface area contributed by atoms with Crippen molar-refractivity contribution in [3.05, 3.63) is 82.9 Å². The van der Waals surface area contributed by atoms with E-state index in [1.165, 1.54) is 12.1 Å². The molecule has 2 aromatic carbocycles. The Bertz CT molecular complexity index is 1110. The number of carbonyl (C=O) groups excluding carboxylic acids is 2. The summed E-state index contributed by atoms with van der Waals surface area (Å²) >= 11 is 0. The largest absolute Gasteiger partial charge is 0.334 e. The molecule has 3 aromatic rings. The molecule has 0 radical (unpaired) electrons. The Morgan fingerprint density at radius 1 is 0.938 bits per heavy atom. The number of amides is 1. The molecule has 1 saturated heterocycles. The molecule has 1 aromatic heterocycles. The number of benzene rings is 2. The number of rotatable bonds is 5. The number of carbonyl (C=O) groups is 2. The van der Waals surface area contributed by atoms with E-state index in [1.54, 1.807) is 28.6 Å². The summed E-state index contributed by atoms with van der Waals surface area (Å²) in [5, 5.41) is 4.50. The minimum atomic E-state index is -0.505. The highest BCUT2D eigenvalue weighted by Gasteiger charge is 2.30. The second kappa shape index (κ2) is 9.44. The van der Waals surface area contributed by atoms with E-state index in [1.807, 2.05) is 37.3 Å². The van der Waals surface area contributed by atoms with Crippen LogP contribution in [0.4, 0.5) is 4.39 Å². The van der Waals surface area contributed by atoms with Crippen LogP contribution in [0.5, 0.6) is 0 Å². The van der Waals surface area contributed by atoms with Crippen LogP contribution >= 0.6 is 0 Å². The van der Waals surface area contributed by atoms with Crippen LogP contribution in [-0.4, -0.2) is 57.4 Å². The molecule has 1 aliphatic heterocycles. The van der Waals surface area contributed by atoms with Gasteiger partial charge in [-0.3, -0.25) is 14.5 Å². The number of Topliss-reactive ketones (excluding diaryl/α,β-unsaturated/α-hetero) is 1. The van der Waals surface area contributed by atoms with Crippen LogP contribution in [0.25, 0.3) is 5.69 Å². The number of hydrogen-bond donors (Lipinski definition) is 0. The first-order chi connectivity index (χ1) is 15.4. The summed E-state index contributed by atoms with van der Waals surface area (Å²) < 4.78 is 14.9. The molecule has 0 unspecified atom stereocenters.